The zero-order chi connectivity index (χ0) is 15.6. The summed E-state index contributed by atoms with van der Waals surface area (Å²) < 4.78 is 0. The van der Waals surface area contributed by atoms with Crippen molar-refractivity contribution in [2.45, 2.75) is 46.6 Å². The van der Waals surface area contributed by atoms with Crippen molar-refractivity contribution < 1.29 is 9.59 Å². The van der Waals surface area contributed by atoms with Crippen molar-refractivity contribution >= 4 is 17.5 Å². The summed E-state index contributed by atoms with van der Waals surface area (Å²) in [6.45, 7) is 8.00. The molecule has 2 amide bonds. The first kappa shape index (κ1) is 15.5. The molecule has 3 atom stereocenters. The fraction of sp³-hybridized carbons (Fsp3) is 0.529. The van der Waals surface area contributed by atoms with Crippen LogP contribution in [0.15, 0.2) is 18.2 Å². The van der Waals surface area contributed by atoms with Gasteiger partial charge in [-0.15, -0.1) is 0 Å². The van der Waals surface area contributed by atoms with Gasteiger partial charge in [0.25, 0.3) is 0 Å². The molecular formula is C17H24N2O2. The Morgan fingerprint density at radius 2 is 1.90 bits per heavy atom. The molecule has 0 bridgehead atoms. The van der Waals surface area contributed by atoms with Gasteiger partial charge in [-0.3, -0.25) is 9.59 Å². The number of anilines is 1. The molecule has 1 aromatic carbocycles. The van der Waals surface area contributed by atoms with Crippen LogP contribution in [0.5, 0.6) is 0 Å². The number of rotatable bonds is 5. The Morgan fingerprint density at radius 3 is 2.52 bits per heavy atom. The van der Waals surface area contributed by atoms with Crippen molar-refractivity contribution in [3.05, 3.63) is 29.3 Å². The maximum absolute atomic E-state index is 12.2. The van der Waals surface area contributed by atoms with Gasteiger partial charge in [-0.25, -0.2) is 0 Å². The molecule has 1 saturated carbocycles. The van der Waals surface area contributed by atoms with E-state index in [1.165, 1.54) is 5.56 Å². The number of carbonyl (C=O) groups is 2. The largest absolute Gasteiger partial charge is 0.353 e. The smallest absolute Gasteiger partial charge is 0.228 e. The lowest BCUT2D eigenvalue weighted by Crippen LogP contribution is -2.34. The van der Waals surface area contributed by atoms with Crippen molar-refractivity contribution in [1.29, 1.82) is 0 Å². The second-order valence-electron chi connectivity index (χ2n) is 6.07. The third-order valence-electron chi connectivity index (χ3n) is 4.10. The lowest BCUT2D eigenvalue weighted by atomic mass is 10.1. The third-order valence-corrected chi connectivity index (χ3v) is 4.10. The van der Waals surface area contributed by atoms with Gasteiger partial charge < -0.3 is 10.6 Å². The number of benzene rings is 1. The van der Waals surface area contributed by atoms with E-state index in [4.69, 9.17) is 0 Å². The van der Waals surface area contributed by atoms with Gasteiger partial charge >= 0.3 is 0 Å². The van der Waals surface area contributed by atoms with E-state index in [0.29, 0.717) is 6.42 Å². The minimum atomic E-state index is -0.185. The van der Waals surface area contributed by atoms with E-state index in [2.05, 4.69) is 10.6 Å². The minimum Gasteiger partial charge on any atom is -0.353 e. The van der Waals surface area contributed by atoms with Crippen molar-refractivity contribution in [2.24, 2.45) is 11.8 Å². The zero-order valence-corrected chi connectivity index (χ0v) is 13.2. The highest BCUT2D eigenvalue weighted by atomic mass is 16.2. The summed E-state index contributed by atoms with van der Waals surface area (Å²) in [5.41, 5.74) is 3.05. The first-order chi connectivity index (χ1) is 9.92. The molecule has 1 aromatic rings. The van der Waals surface area contributed by atoms with E-state index >= 15 is 0 Å². The van der Waals surface area contributed by atoms with E-state index in [1.807, 2.05) is 45.9 Å². The van der Waals surface area contributed by atoms with Gasteiger partial charge in [-0.05, 0) is 45.2 Å². The van der Waals surface area contributed by atoms with Crippen LogP contribution in [0.25, 0.3) is 0 Å². The van der Waals surface area contributed by atoms with Crippen LogP contribution in [-0.2, 0) is 9.59 Å². The number of carbonyl (C=O) groups excluding carboxylic acids is 2. The maximum Gasteiger partial charge on any atom is 0.228 e. The third kappa shape index (κ3) is 3.84. The Labute approximate surface area is 126 Å². The first-order valence-corrected chi connectivity index (χ1v) is 7.60. The van der Waals surface area contributed by atoms with Gasteiger partial charge in [0.15, 0.2) is 0 Å². The molecule has 4 heteroatoms. The molecule has 1 aliphatic rings. The van der Waals surface area contributed by atoms with Crippen LogP contribution in [0.1, 0.15) is 37.8 Å². The van der Waals surface area contributed by atoms with Crippen molar-refractivity contribution in [3.8, 4) is 0 Å². The molecule has 3 unspecified atom stereocenters. The van der Waals surface area contributed by atoms with E-state index in [-0.39, 0.29) is 29.7 Å². The highest BCUT2D eigenvalue weighted by Gasteiger charge is 2.48. The van der Waals surface area contributed by atoms with Crippen LogP contribution in [0.2, 0.25) is 0 Å². The van der Waals surface area contributed by atoms with Gasteiger partial charge in [-0.1, -0.05) is 24.6 Å². The molecule has 0 aliphatic heterocycles. The van der Waals surface area contributed by atoms with E-state index in [1.54, 1.807) is 0 Å². The van der Waals surface area contributed by atoms with Crippen LogP contribution >= 0.6 is 0 Å². The van der Waals surface area contributed by atoms with Gasteiger partial charge in [0.1, 0.15) is 0 Å². The van der Waals surface area contributed by atoms with Gasteiger partial charge in [0, 0.05) is 11.7 Å². The average molecular weight is 288 g/mol. The number of hydrogen-bond acceptors (Lipinski definition) is 2. The predicted octanol–water partition coefficient (Wildman–Crippen LogP) is 2.79. The molecular weight excluding hydrogens is 264 g/mol. The zero-order valence-electron chi connectivity index (χ0n) is 13.2. The van der Waals surface area contributed by atoms with Crippen molar-refractivity contribution in [3.63, 3.8) is 0 Å². The average Bonchev–Trinajstić information content (AvgIpc) is 3.22. The Hall–Kier alpha value is -1.84. The van der Waals surface area contributed by atoms with Gasteiger partial charge in [0.05, 0.1) is 11.8 Å². The first-order valence-electron chi connectivity index (χ1n) is 7.60. The molecule has 0 saturated heterocycles. The topological polar surface area (TPSA) is 58.2 Å². The molecule has 1 aliphatic carbocycles. The minimum absolute atomic E-state index is 0.00475. The monoisotopic (exact) mass is 288 g/mol. The fourth-order valence-corrected chi connectivity index (χ4v) is 2.41. The van der Waals surface area contributed by atoms with Gasteiger partial charge in [-0.2, -0.15) is 0 Å². The lowest BCUT2D eigenvalue weighted by molar-refractivity contribution is -0.125. The van der Waals surface area contributed by atoms with Crippen molar-refractivity contribution in [1.82, 2.24) is 5.32 Å². The second-order valence-corrected chi connectivity index (χ2v) is 6.07. The van der Waals surface area contributed by atoms with Crippen LogP contribution in [0.4, 0.5) is 5.69 Å². The summed E-state index contributed by atoms with van der Waals surface area (Å²) in [4.78, 5) is 24.2. The van der Waals surface area contributed by atoms with Crippen LogP contribution in [0.3, 0.4) is 0 Å². The molecule has 0 aromatic heterocycles. The lowest BCUT2D eigenvalue weighted by Gasteiger charge is -2.11. The number of nitrogens with one attached hydrogen (secondary N) is 2. The fourth-order valence-electron chi connectivity index (χ4n) is 2.41. The van der Waals surface area contributed by atoms with Crippen LogP contribution in [0, 0.1) is 25.7 Å². The normalized spacial score (nSPS) is 21.5. The molecule has 0 heterocycles. The van der Waals surface area contributed by atoms with E-state index in [9.17, 15) is 9.59 Å². The number of aryl methyl sites for hydroxylation is 2. The van der Waals surface area contributed by atoms with Crippen LogP contribution in [-0.4, -0.2) is 17.9 Å². The van der Waals surface area contributed by atoms with Crippen LogP contribution < -0.4 is 10.6 Å². The quantitative estimate of drug-likeness (QED) is 0.875. The maximum atomic E-state index is 12.2. The molecule has 4 nitrogen and oxygen atoms in total. The molecule has 0 radical (unpaired) electrons. The Balaban J connectivity index is 1.90. The second kappa shape index (κ2) is 6.29. The summed E-state index contributed by atoms with van der Waals surface area (Å²) >= 11 is 0. The number of amides is 2. The molecule has 2 N–H and O–H groups in total. The highest BCUT2D eigenvalue weighted by molar-refractivity contribution is 5.99. The molecule has 2 rings (SSSR count). The Kier molecular flexibility index (Phi) is 4.66. The Morgan fingerprint density at radius 1 is 1.24 bits per heavy atom. The summed E-state index contributed by atoms with van der Waals surface area (Å²) in [5.74, 6) is -0.393. The molecule has 0 spiro atoms. The van der Waals surface area contributed by atoms with E-state index < -0.39 is 0 Å². The number of hydrogen-bond donors (Lipinski definition) is 2. The predicted molar refractivity (Wildman–Crippen MR) is 84.0 cm³/mol. The summed E-state index contributed by atoms with van der Waals surface area (Å²) in [6, 6.07) is 6.10. The Bertz CT molecular complexity index is 554. The summed E-state index contributed by atoms with van der Waals surface area (Å²) in [6.07, 6.45) is 1.55. The summed E-state index contributed by atoms with van der Waals surface area (Å²) in [7, 11) is 0. The molecule has 114 valence electrons. The standard InChI is InChI=1S/C17H24N2O2/c1-5-12(4)18-16(20)13-9-14(13)17(21)19-15-7-6-10(2)8-11(15)3/h6-8,12-14H,5,9H2,1-4H3,(H,18,20)(H,19,21). The SMILES string of the molecule is CCC(C)NC(=O)C1CC1C(=O)Nc1ccc(C)cc1C. The van der Waals surface area contributed by atoms with E-state index in [0.717, 1.165) is 17.7 Å². The van der Waals surface area contributed by atoms with Gasteiger partial charge in [0.2, 0.25) is 11.8 Å². The highest BCUT2D eigenvalue weighted by Crippen LogP contribution is 2.39. The van der Waals surface area contributed by atoms with Crippen molar-refractivity contribution in [2.75, 3.05) is 5.32 Å². The molecule has 21 heavy (non-hydrogen) atoms. The summed E-state index contributed by atoms with van der Waals surface area (Å²) in [5, 5.41) is 5.87. The molecule has 1 fully saturated rings.